The third kappa shape index (κ3) is 2.96. The first-order valence-corrected chi connectivity index (χ1v) is 5.73. The molecule has 1 heterocycles. The molecule has 0 saturated carbocycles. The Morgan fingerprint density at radius 2 is 2.18 bits per heavy atom. The first kappa shape index (κ1) is 13.5. The van der Waals surface area contributed by atoms with Crippen molar-refractivity contribution >= 4 is 11.9 Å². The van der Waals surface area contributed by atoms with Gasteiger partial charge in [0.2, 0.25) is 0 Å². The minimum absolute atomic E-state index is 0.142. The van der Waals surface area contributed by atoms with E-state index in [0.717, 1.165) is 0 Å². The Balaban J connectivity index is 2.81. The number of ketones is 1. The van der Waals surface area contributed by atoms with Crippen LogP contribution < -0.4 is 0 Å². The molecule has 0 bridgehead atoms. The largest absolute Gasteiger partial charge is 0.444 e. The van der Waals surface area contributed by atoms with Crippen LogP contribution in [0.25, 0.3) is 0 Å². The van der Waals surface area contributed by atoms with Crippen molar-refractivity contribution in [2.75, 3.05) is 6.54 Å². The fourth-order valence-electron chi connectivity index (χ4n) is 1.85. The third-order valence-electron chi connectivity index (χ3n) is 2.60. The molecule has 5 heteroatoms. The molecular weight excluding hydrogens is 220 g/mol. The fourth-order valence-corrected chi connectivity index (χ4v) is 1.85. The molecule has 0 spiro atoms. The van der Waals surface area contributed by atoms with Gasteiger partial charge in [0.1, 0.15) is 11.5 Å². The van der Waals surface area contributed by atoms with Gasteiger partial charge in [-0.15, -0.1) is 0 Å². The van der Waals surface area contributed by atoms with Gasteiger partial charge in [0, 0.05) is 6.54 Å². The molecule has 0 radical (unpaired) electrons. The van der Waals surface area contributed by atoms with Gasteiger partial charge in [-0.1, -0.05) is 6.92 Å². The molecule has 0 aromatic heterocycles. The predicted octanol–water partition coefficient (Wildman–Crippen LogP) is 1.72. The average Bonchev–Trinajstić information content (AvgIpc) is 2.52. The van der Waals surface area contributed by atoms with Gasteiger partial charge in [0.05, 0.1) is 12.1 Å². The molecule has 1 amide bonds. The molecule has 2 atom stereocenters. The highest BCUT2D eigenvalue weighted by atomic mass is 16.6. The maximum Gasteiger partial charge on any atom is 0.410 e. The monoisotopic (exact) mass is 238 g/mol. The number of nitrogens with zero attached hydrogens (tertiary/aromatic N) is 2. The Morgan fingerprint density at radius 3 is 2.59 bits per heavy atom. The van der Waals surface area contributed by atoms with E-state index in [1.807, 2.05) is 13.0 Å². The van der Waals surface area contributed by atoms with E-state index in [-0.39, 0.29) is 12.3 Å². The lowest BCUT2D eigenvalue weighted by atomic mass is 10.0. The van der Waals surface area contributed by atoms with Gasteiger partial charge in [-0.2, -0.15) is 5.26 Å². The number of rotatable bonds is 1. The minimum atomic E-state index is -0.715. The van der Waals surface area contributed by atoms with Crippen LogP contribution in [-0.2, 0) is 9.53 Å². The number of nitriles is 1. The zero-order valence-corrected chi connectivity index (χ0v) is 10.7. The summed E-state index contributed by atoms with van der Waals surface area (Å²) >= 11 is 0. The standard InChI is InChI=1S/C12H18N2O3/c1-5-9-10(15)8(6-13)7-14(9)11(16)17-12(2,3)4/h8-9H,5,7H2,1-4H3/t8-,9+/m1/s1. The molecule has 0 aliphatic carbocycles. The summed E-state index contributed by atoms with van der Waals surface area (Å²) in [5.41, 5.74) is -0.594. The van der Waals surface area contributed by atoms with Crippen LogP contribution in [0.15, 0.2) is 0 Å². The van der Waals surface area contributed by atoms with Gasteiger partial charge in [0.15, 0.2) is 5.78 Å². The number of carbonyl (C=O) groups excluding carboxylic acids is 2. The Bertz CT molecular complexity index is 365. The summed E-state index contributed by atoms with van der Waals surface area (Å²) in [6, 6.07) is 1.41. The lowest BCUT2D eigenvalue weighted by Crippen LogP contribution is -2.41. The smallest absolute Gasteiger partial charge is 0.410 e. The van der Waals surface area contributed by atoms with E-state index in [2.05, 4.69) is 0 Å². The van der Waals surface area contributed by atoms with Crippen LogP contribution in [-0.4, -0.2) is 35.0 Å². The third-order valence-corrected chi connectivity index (χ3v) is 2.60. The van der Waals surface area contributed by atoms with Crippen molar-refractivity contribution in [2.45, 2.75) is 45.8 Å². The van der Waals surface area contributed by atoms with E-state index < -0.39 is 23.7 Å². The van der Waals surface area contributed by atoms with Crippen LogP contribution in [0, 0.1) is 17.2 Å². The van der Waals surface area contributed by atoms with Crippen LogP contribution in [0.3, 0.4) is 0 Å². The number of Topliss-reactive ketones (excluding diaryl/α,β-unsaturated/α-hetero) is 1. The van der Waals surface area contributed by atoms with Crippen molar-refractivity contribution in [3.05, 3.63) is 0 Å². The highest BCUT2D eigenvalue weighted by molar-refractivity contribution is 5.94. The van der Waals surface area contributed by atoms with Gasteiger partial charge in [-0.05, 0) is 27.2 Å². The summed E-state index contributed by atoms with van der Waals surface area (Å²) in [4.78, 5) is 25.0. The lowest BCUT2D eigenvalue weighted by molar-refractivity contribution is -0.121. The second-order valence-electron chi connectivity index (χ2n) is 5.14. The highest BCUT2D eigenvalue weighted by Crippen LogP contribution is 2.23. The van der Waals surface area contributed by atoms with Crippen molar-refractivity contribution in [3.63, 3.8) is 0 Å². The van der Waals surface area contributed by atoms with Crippen molar-refractivity contribution in [2.24, 2.45) is 5.92 Å². The normalized spacial score (nSPS) is 24.6. The second-order valence-corrected chi connectivity index (χ2v) is 5.14. The summed E-state index contributed by atoms with van der Waals surface area (Å²) in [5.74, 6) is -0.895. The molecule has 17 heavy (non-hydrogen) atoms. The van der Waals surface area contributed by atoms with Crippen molar-refractivity contribution < 1.29 is 14.3 Å². The Labute approximate surface area is 101 Å². The Kier molecular flexibility index (Phi) is 3.76. The summed E-state index contributed by atoms with van der Waals surface area (Å²) in [7, 11) is 0. The molecular formula is C12H18N2O3. The van der Waals surface area contributed by atoms with Gasteiger partial charge in [-0.25, -0.2) is 4.79 Å². The topological polar surface area (TPSA) is 70.4 Å². The quantitative estimate of drug-likeness (QED) is 0.697. The fraction of sp³-hybridized carbons (Fsp3) is 0.750. The van der Waals surface area contributed by atoms with Crippen LogP contribution in [0.2, 0.25) is 0 Å². The van der Waals surface area contributed by atoms with Crippen LogP contribution >= 0.6 is 0 Å². The lowest BCUT2D eigenvalue weighted by Gasteiger charge is -2.27. The molecule has 1 saturated heterocycles. The van der Waals surface area contributed by atoms with Crippen LogP contribution in [0.1, 0.15) is 34.1 Å². The van der Waals surface area contributed by atoms with Gasteiger partial charge in [-0.3, -0.25) is 9.69 Å². The first-order chi connectivity index (χ1) is 7.80. The van der Waals surface area contributed by atoms with Gasteiger partial charge in [0.25, 0.3) is 0 Å². The maximum atomic E-state index is 11.9. The second kappa shape index (κ2) is 4.74. The number of amides is 1. The van der Waals surface area contributed by atoms with E-state index in [4.69, 9.17) is 10.00 Å². The molecule has 0 N–H and O–H groups in total. The zero-order chi connectivity index (χ0) is 13.2. The van der Waals surface area contributed by atoms with Crippen molar-refractivity contribution in [1.82, 2.24) is 4.90 Å². The van der Waals surface area contributed by atoms with E-state index >= 15 is 0 Å². The van der Waals surface area contributed by atoms with E-state index in [1.54, 1.807) is 20.8 Å². The Morgan fingerprint density at radius 1 is 1.59 bits per heavy atom. The van der Waals surface area contributed by atoms with Crippen molar-refractivity contribution in [1.29, 1.82) is 5.26 Å². The number of hydrogen-bond acceptors (Lipinski definition) is 4. The molecule has 1 aliphatic heterocycles. The first-order valence-electron chi connectivity index (χ1n) is 5.73. The van der Waals surface area contributed by atoms with E-state index in [9.17, 15) is 9.59 Å². The SMILES string of the molecule is CC[C@H]1C(=O)[C@H](C#N)CN1C(=O)OC(C)(C)C. The predicted molar refractivity (Wildman–Crippen MR) is 61.1 cm³/mol. The number of hydrogen-bond donors (Lipinski definition) is 0. The van der Waals surface area contributed by atoms with Crippen molar-refractivity contribution in [3.8, 4) is 6.07 Å². The van der Waals surface area contributed by atoms with Gasteiger partial charge < -0.3 is 4.74 Å². The number of carbonyl (C=O) groups is 2. The van der Waals surface area contributed by atoms with Gasteiger partial charge >= 0.3 is 6.09 Å². The molecule has 94 valence electrons. The highest BCUT2D eigenvalue weighted by Gasteiger charge is 2.43. The summed E-state index contributed by atoms with van der Waals surface area (Å²) in [5, 5.41) is 8.83. The molecule has 1 aliphatic rings. The Hall–Kier alpha value is -1.57. The number of likely N-dealkylation sites (tertiary alicyclic amines) is 1. The maximum absolute atomic E-state index is 11.9. The molecule has 0 aromatic rings. The number of ether oxygens (including phenoxy) is 1. The molecule has 1 fully saturated rings. The van der Waals surface area contributed by atoms with Crippen LogP contribution in [0.4, 0.5) is 4.79 Å². The minimum Gasteiger partial charge on any atom is -0.444 e. The summed E-state index contributed by atoms with van der Waals surface area (Å²) < 4.78 is 5.22. The van der Waals surface area contributed by atoms with E-state index in [1.165, 1.54) is 4.90 Å². The summed E-state index contributed by atoms with van der Waals surface area (Å²) in [6.07, 6.45) is -0.00793. The van der Waals surface area contributed by atoms with E-state index in [0.29, 0.717) is 6.42 Å². The summed E-state index contributed by atoms with van der Waals surface area (Å²) in [6.45, 7) is 7.27. The zero-order valence-electron chi connectivity index (χ0n) is 10.7. The molecule has 0 aromatic carbocycles. The molecule has 5 nitrogen and oxygen atoms in total. The van der Waals surface area contributed by atoms with Crippen LogP contribution in [0.5, 0.6) is 0 Å². The molecule has 1 rings (SSSR count). The molecule has 0 unspecified atom stereocenters. The average molecular weight is 238 g/mol.